The lowest BCUT2D eigenvalue weighted by Crippen LogP contribution is -2.33. The maximum Gasteiger partial charge on any atom is 0.306 e. The second-order valence-electron chi connectivity index (χ2n) is 8.26. The van der Waals surface area contributed by atoms with E-state index in [4.69, 9.17) is 4.18 Å². The predicted octanol–water partition coefficient (Wildman–Crippen LogP) is 4.71. The van der Waals surface area contributed by atoms with E-state index >= 15 is 0 Å². The molecule has 4 rings (SSSR count). The molecule has 1 aromatic heterocycles. The molecule has 3 aromatic rings. The molecule has 1 N–H and O–H groups in total. The number of likely N-dealkylation sites (tertiary alicyclic amines) is 1. The van der Waals surface area contributed by atoms with Gasteiger partial charge in [0, 0.05) is 17.1 Å². The van der Waals surface area contributed by atoms with Crippen LogP contribution in [0.4, 0.5) is 0 Å². The first-order valence-corrected chi connectivity index (χ1v) is 12.6. The molecule has 0 aliphatic carbocycles. The van der Waals surface area contributed by atoms with Crippen molar-refractivity contribution in [1.29, 1.82) is 0 Å². The predicted molar refractivity (Wildman–Crippen MR) is 122 cm³/mol. The van der Waals surface area contributed by atoms with Crippen LogP contribution in [0.2, 0.25) is 0 Å². The number of hydrogen-bond donors (Lipinski definition) is 1. The lowest BCUT2D eigenvalue weighted by Gasteiger charge is -2.32. The number of benzene rings is 2. The van der Waals surface area contributed by atoms with Gasteiger partial charge >= 0.3 is 10.1 Å². The van der Waals surface area contributed by atoms with E-state index in [1.807, 2.05) is 18.3 Å². The van der Waals surface area contributed by atoms with Crippen LogP contribution in [0.15, 0.2) is 54.7 Å². The van der Waals surface area contributed by atoms with Crippen LogP contribution in [-0.2, 0) is 16.5 Å². The molecule has 0 spiro atoms. The summed E-state index contributed by atoms with van der Waals surface area (Å²) in [5, 5.41) is 0.881. The number of aromatic amines is 1. The summed E-state index contributed by atoms with van der Waals surface area (Å²) in [4.78, 5) is 5.82. The zero-order valence-electron chi connectivity index (χ0n) is 17.5. The summed E-state index contributed by atoms with van der Waals surface area (Å²) in [6.07, 6.45) is 8.64. The van der Waals surface area contributed by atoms with Gasteiger partial charge in [-0.3, -0.25) is 0 Å². The van der Waals surface area contributed by atoms with Gasteiger partial charge < -0.3 is 14.1 Å². The smallest absolute Gasteiger partial charge is 0.306 e. The van der Waals surface area contributed by atoms with Crippen LogP contribution in [0.1, 0.15) is 42.7 Å². The Balaban J connectivity index is 1.28. The molecule has 0 atom stereocenters. The first-order valence-electron chi connectivity index (χ1n) is 10.8. The summed E-state index contributed by atoms with van der Waals surface area (Å²) in [5.74, 6) is 1.11. The fourth-order valence-corrected chi connectivity index (χ4v) is 4.98. The molecule has 1 aliphatic rings. The topological polar surface area (TPSA) is 62.4 Å². The van der Waals surface area contributed by atoms with Crippen LogP contribution >= 0.6 is 0 Å². The van der Waals surface area contributed by atoms with E-state index in [-0.39, 0.29) is 0 Å². The number of unbranched alkanes of at least 4 members (excludes halogenated alkanes) is 1. The SMILES string of the molecule is CS(=O)(=O)Oc1cccc2[nH]cc(CCCCN3CCC(c4ccccc4)CC3)c12. The van der Waals surface area contributed by atoms with Gasteiger partial charge in [-0.25, -0.2) is 0 Å². The number of nitrogens with one attached hydrogen (secondary N) is 1. The first-order chi connectivity index (χ1) is 14.5. The normalized spacial score (nSPS) is 16.2. The maximum absolute atomic E-state index is 11.6. The second-order valence-corrected chi connectivity index (χ2v) is 9.84. The summed E-state index contributed by atoms with van der Waals surface area (Å²) in [7, 11) is -3.55. The molecule has 2 heterocycles. The highest BCUT2D eigenvalue weighted by Gasteiger charge is 2.20. The molecule has 6 heteroatoms. The van der Waals surface area contributed by atoms with Gasteiger partial charge in [-0.2, -0.15) is 8.42 Å². The van der Waals surface area contributed by atoms with Crippen LogP contribution in [0, 0.1) is 0 Å². The van der Waals surface area contributed by atoms with Gasteiger partial charge in [0.1, 0.15) is 0 Å². The number of hydrogen-bond acceptors (Lipinski definition) is 4. The maximum atomic E-state index is 11.6. The molecule has 0 amide bonds. The fraction of sp³-hybridized carbons (Fsp3) is 0.417. The van der Waals surface area contributed by atoms with E-state index in [0.717, 1.165) is 48.5 Å². The third kappa shape index (κ3) is 5.24. The second kappa shape index (κ2) is 9.23. The van der Waals surface area contributed by atoms with Gasteiger partial charge in [-0.15, -0.1) is 0 Å². The van der Waals surface area contributed by atoms with Crippen LogP contribution in [-0.4, -0.2) is 44.2 Å². The monoisotopic (exact) mass is 426 g/mol. The average Bonchev–Trinajstić information content (AvgIpc) is 3.15. The van der Waals surface area contributed by atoms with E-state index in [9.17, 15) is 8.42 Å². The van der Waals surface area contributed by atoms with Gasteiger partial charge in [0.2, 0.25) is 0 Å². The minimum atomic E-state index is -3.55. The zero-order chi connectivity index (χ0) is 21.0. The van der Waals surface area contributed by atoms with Crippen molar-refractivity contribution in [1.82, 2.24) is 9.88 Å². The average molecular weight is 427 g/mol. The van der Waals surface area contributed by atoms with Crippen LogP contribution in [0.25, 0.3) is 10.9 Å². The van der Waals surface area contributed by atoms with Crippen molar-refractivity contribution >= 4 is 21.0 Å². The number of aromatic nitrogens is 1. The number of nitrogens with zero attached hydrogens (tertiary/aromatic N) is 1. The minimum absolute atomic E-state index is 0.411. The first kappa shape index (κ1) is 20.9. The lowest BCUT2D eigenvalue weighted by atomic mass is 9.89. The summed E-state index contributed by atoms with van der Waals surface area (Å²) < 4.78 is 28.4. The Morgan fingerprint density at radius 3 is 2.53 bits per heavy atom. The Kier molecular flexibility index (Phi) is 6.44. The highest BCUT2D eigenvalue weighted by atomic mass is 32.2. The van der Waals surface area contributed by atoms with Crippen molar-refractivity contribution in [2.24, 2.45) is 0 Å². The molecule has 1 saturated heterocycles. The number of rotatable bonds is 8. The van der Waals surface area contributed by atoms with E-state index in [1.54, 1.807) is 6.07 Å². The van der Waals surface area contributed by atoms with Crippen LogP contribution in [0.5, 0.6) is 5.75 Å². The minimum Gasteiger partial charge on any atom is -0.382 e. The van der Waals surface area contributed by atoms with Crippen molar-refractivity contribution in [2.45, 2.75) is 38.0 Å². The number of piperidine rings is 1. The van der Waals surface area contributed by atoms with Gasteiger partial charge in [-0.05, 0) is 80.9 Å². The van der Waals surface area contributed by atoms with E-state index in [1.165, 1.54) is 31.5 Å². The lowest BCUT2D eigenvalue weighted by molar-refractivity contribution is 0.209. The quantitative estimate of drug-likeness (QED) is 0.419. The Morgan fingerprint density at radius 1 is 1.03 bits per heavy atom. The Bertz CT molecular complexity index is 1070. The number of aryl methyl sites for hydroxylation is 1. The van der Waals surface area contributed by atoms with Crippen molar-refractivity contribution in [3.8, 4) is 5.75 Å². The third-order valence-corrected chi connectivity index (χ3v) is 6.50. The summed E-state index contributed by atoms with van der Waals surface area (Å²) in [6.45, 7) is 3.45. The van der Waals surface area contributed by atoms with Gasteiger partial charge in [0.05, 0.1) is 6.26 Å². The van der Waals surface area contributed by atoms with Crippen molar-refractivity contribution in [3.63, 3.8) is 0 Å². The van der Waals surface area contributed by atoms with Crippen molar-refractivity contribution in [2.75, 3.05) is 25.9 Å². The molecule has 0 unspecified atom stereocenters. The molecule has 1 fully saturated rings. The highest BCUT2D eigenvalue weighted by Crippen LogP contribution is 2.31. The molecule has 0 saturated carbocycles. The Hall–Kier alpha value is -2.31. The third-order valence-electron chi connectivity index (χ3n) is 6.02. The van der Waals surface area contributed by atoms with Crippen molar-refractivity contribution in [3.05, 3.63) is 65.9 Å². The molecule has 160 valence electrons. The molecule has 30 heavy (non-hydrogen) atoms. The van der Waals surface area contributed by atoms with Gasteiger partial charge in [0.15, 0.2) is 5.75 Å². The number of H-pyrrole nitrogens is 1. The standard InChI is InChI=1S/C24H30N2O3S/c1-30(27,28)29-23-12-7-11-22-24(23)21(18-25-22)10-5-6-15-26-16-13-20(14-17-26)19-8-3-2-4-9-19/h2-4,7-9,11-12,18,20,25H,5-6,10,13-17H2,1H3. The van der Waals surface area contributed by atoms with E-state index in [0.29, 0.717) is 11.7 Å². The van der Waals surface area contributed by atoms with Crippen LogP contribution in [0.3, 0.4) is 0 Å². The van der Waals surface area contributed by atoms with Gasteiger partial charge in [-0.1, -0.05) is 36.4 Å². The summed E-state index contributed by atoms with van der Waals surface area (Å²) >= 11 is 0. The Labute approximate surface area is 179 Å². The molecule has 5 nitrogen and oxygen atoms in total. The number of fused-ring (bicyclic) bond motifs is 1. The van der Waals surface area contributed by atoms with Crippen LogP contribution < -0.4 is 4.18 Å². The zero-order valence-corrected chi connectivity index (χ0v) is 18.3. The van der Waals surface area contributed by atoms with Crippen molar-refractivity contribution < 1.29 is 12.6 Å². The molecular weight excluding hydrogens is 396 g/mol. The summed E-state index contributed by atoms with van der Waals surface area (Å²) in [6, 6.07) is 16.3. The molecule has 1 aliphatic heterocycles. The van der Waals surface area contributed by atoms with Gasteiger partial charge in [0.25, 0.3) is 0 Å². The highest BCUT2D eigenvalue weighted by molar-refractivity contribution is 7.86. The molecule has 0 bridgehead atoms. The largest absolute Gasteiger partial charge is 0.382 e. The molecule has 2 aromatic carbocycles. The molecular formula is C24H30N2O3S. The van der Waals surface area contributed by atoms with E-state index in [2.05, 4.69) is 40.2 Å². The van der Waals surface area contributed by atoms with E-state index < -0.39 is 10.1 Å². The molecule has 0 radical (unpaired) electrons. The Morgan fingerprint density at radius 2 is 1.80 bits per heavy atom. The summed E-state index contributed by atoms with van der Waals surface area (Å²) in [5.41, 5.74) is 3.50. The fourth-order valence-electron chi connectivity index (χ4n) is 4.52.